The van der Waals surface area contributed by atoms with Crippen molar-refractivity contribution in [3.63, 3.8) is 0 Å². The van der Waals surface area contributed by atoms with Crippen LogP contribution in [-0.2, 0) is 10.8 Å². The van der Waals surface area contributed by atoms with Crippen LogP contribution >= 0.6 is 0 Å². The minimum Gasteiger partial charge on any atom is -0.457 e. The summed E-state index contributed by atoms with van der Waals surface area (Å²) in [6.07, 6.45) is 3.54. The summed E-state index contributed by atoms with van der Waals surface area (Å²) in [7, 11) is 0. The molecule has 0 saturated heterocycles. The van der Waals surface area contributed by atoms with Crippen LogP contribution in [0.3, 0.4) is 0 Å². The third-order valence-corrected chi connectivity index (χ3v) is 17.9. The fraction of sp³-hybridized carbons (Fsp3) is 0.0238. The summed E-state index contributed by atoms with van der Waals surface area (Å²) in [6, 6.07) is 93.1. The molecular formula is C84H55F4NO2. The molecule has 436 valence electrons. The van der Waals surface area contributed by atoms with E-state index in [0.717, 1.165) is 84.6 Å². The molecule has 2 aliphatic carbocycles. The highest BCUT2D eigenvalue weighted by Gasteiger charge is 2.50. The normalized spacial score (nSPS) is 15.0. The van der Waals surface area contributed by atoms with Crippen LogP contribution in [0, 0.1) is 23.3 Å². The maximum atomic E-state index is 17.4. The molecule has 3 nitrogen and oxygen atoms in total. The van der Waals surface area contributed by atoms with Crippen LogP contribution < -0.4 is 14.4 Å². The van der Waals surface area contributed by atoms with Crippen molar-refractivity contribution < 1.29 is 27.0 Å². The number of hydrogen-bond acceptors (Lipinski definition) is 3. The van der Waals surface area contributed by atoms with Crippen molar-refractivity contribution in [2.24, 2.45) is 0 Å². The molecule has 15 rings (SSSR count). The summed E-state index contributed by atoms with van der Waals surface area (Å²) in [5.74, 6) is 0.0110. The standard InChI is InChI=1S/C84H55F4NO2/c1-3-54-25-37-65(38-26-54)90-67-41-29-58(30-42-67)83(79-50-60(85)33-47-81(79)87)75-23-12-10-21-71(75)73-45-35-63(52-77(73)83)89(62-18-14-17-57(49-62)70-20-9-8-19-69(70)56-15-6-5-7-16-56)64-36-46-74-72-22-11-13-24-76(72)84(78(74)53-64,80-51-61(86)34-48-82(80)88)59-31-43-68(44-32-59)91-66-39-27-55(4-2)28-40-66/h3-53H,1-2H2. The van der Waals surface area contributed by atoms with Gasteiger partial charge in [0.25, 0.3) is 0 Å². The first-order chi connectivity index (χ1) is 44.6. The average molecular weight is 1190 g/mol. The first-order valence-electron chi connectivity index (χ1n) is 30.1. The number of hydrogen-bond donors (Lipinski definition) is 0. The topological polar surface area (TPSA) is 21.7 Å². The van der Waals surface area contributed by atoms with Gasteiger partial charge in [0.05, 0.1) is 10.8 Å². The van der Waals surface area contributed by atoms with Crippen LogP contribution in [0.25, 0.3) is 56.7 Å². The van der Waals surface area contributed by atoms with Crippen LogP contribution in [0.5, 0.6) is 23.0 Å². The van der Waals surface area contributed by atoms with Gasteiger partial charge < -0.3 is 14.4 Å². The lowest BCUT2D eigenvalue weighted by Crippen LogP contribution is -2.30. The number of benzene rings is 13. The molecule has 0 fully saturated rings. The van der Waals surface area contributed by atoms with Gasteiger partial charge in [0.15, 0.2) is 0 Å². The van der Waals surface area contributed by atoms with Crippen LogP contribution in [0.4, 0.5) is 34.6 Å². The van der Waals surface area contributed by atoms with Gasteiger partial charge in [-0.05, 0) is 210 Å². The van der Waals surface area contributed by atoms with E-state index in [9.17, 15) is 0 Å². The van der Waals surface area contributed by atoms with Gasteiger partial charge >= 0.3 is 0 Å². The lowest BCUT2D eigenvalue weighted by Gasteiger charge is -2.36. The van der Waals surface area contributed by atoms with Crippen LogP contribution in [0.1, 0.15) is 55.6 Å². The van der Waals surface area contributed by atoms with Crippen molar-refractivity contribution in [2.75, 3.05) is 4.90 Å². The van der Waals surface area contributed by atoms with Gasteiger partial charge in [-0.2, -0.15) is 0 Å². The molecule has 0 spiro atoms. The van der Waals surface area contributed by atoms with E-state index < -0.39 is 34.1 Å². The fourth-order valence-corrected chi connectivity index (χ4v) is 13.9. The molecule has 0 radical (unpaired) electrons. The van der Waals surface area contributed by atoms with E-state index in [4.69, 9.17) is 9.47 Å². The molecule has 0 heterocycles. The Morgan fingerprint density at radius 1 is 0.286 bits per heavy atom. The zero-order valence-corrected chi connectivity index (χ0v) is 49.1. The molecule has 0 bridgehead atoms. The smallest absolute Gasteiger partial charge is 0.128 e. The second kappa shape index (κ2) is 22.9. The van der Waals surface area contributed by atoms with Crippen molar-refractivity contribution in [2.45, 2.75) is 10.8 Å². The highest BCUT2D eigenvalue weighted by atomic mass is 19.1. The van der Waals surface area contributed by atoms with Gasteiger partial charge in [0.2, 0.25) is 0 Å². The fourth-order valence-electron chi connectivity index (χ4n) is 13.9. The Balaban J connectivity index is 0.969. The summed E-state index contributed by atoms with van der Waals surface area (Å²) >= 11 is 0. The van der Waals surface area contributed by atoms with Gasteiger partial charge in [-0.25, -0.2) is 17.6 Å². The van der Waals surface area contributed by atoms with E-state index in [2.05, 4.69) is 96.9 Å². The molecule has 0 aliphatic heterocycles. The van der Waals surface area contributed by atoms with Crippen LogP contribution in [-0.4, -0.2) is 0 Å². The minimum absolute atomic E-state index is 0.134. The van der Waals surface area contributed by atoms with Crippen molar-refractivity contribution >= 4 is 29.2 Å². The number of anilines is 3. The van der Waals surface area contributed by atoms with Crippen LogP contribution in [0.15, 0.2) is 310 Å². The van der Waals surface area contributed by atoms with E-state index in [1.807, 2.05) is 182 Å². The number of ether oxygens (including phenoxy) is 2. The number of rotatable bonds is 15. The molecule has 13 aromatic rings. The van der Waals surface area contributed by atoms with Crippen LogP contribution in [0.2, 0.25) is 0 Å². The molecule has 2 unspecified atom stereocenters. The Bertz CT molecular complexity index is 4720. The number of halogens is 4. The van der Waals surface area contributed by atoms with Gasteiger partial charge in [0, 0.05) is 28.2 Å². The highest BCUT2D eigenvalue weighted by Crippen LogP contribution is 2.61. The minimum atomic E-state index is -1.42. The molecule has 0 N–H and O–H groups in total. The quantitative estimate of drug-likeness (QED) is 0.0955. The van der Waals surface area contributed by atoms with E-state index >= 15 is 17.6 Å². The molecule has 7 heteroatoms. The first kappa shape index (κ1) is 56.0. The molecule has 2 atom stereocenters. The predicted molar refractivity (Wildman–Crippen MR) is 360 cm³/mol. The lowest BCUT2D eigenvalue weighted by molar-refractivity contribution is 0.481. The molecule has 0 aromatic heterocycles. The lowest BCUT2D eigenvalue weighted by atomic mass is 9.67. The Morgan fingerprint density at radius 2 is 0.659 bits per heavy atom. The first-order valence-corrected chi connectivity index (χ1v) is 30.1. The predicted octanol–water partition coefficient (Wildman–Crippen LogP) is 22.6. The Kier molecular flexibility index (Phi) is 14.1. The Morgan fingerprint density at radius 3 is 1.11 bits per heavy atom. The van der Waals surface area contributed by atoms with Gasteiger partial charge in [-0.3, -0.25) is 0 Å². The second-order valence-electron chi connectivity index (χ2n) is 22.9. The molecule has 0 amide bonds. The second-order valence-corrected chi connectivity index (χ2v) is 22.9. The Hall–Kier alpha value is -11.5. The molecular weight excluding hydrogens is 1130 g/mol. The monoisotopic (exact) mass is 1190 g/mol. The summed E-state index contributed by atoms with van der Waals surface area (Å²) < 4.78 is 80.1. The van der Waals surface area contributed by atoms with E-state index in [1.54, 1.807) is 12.2 Å². The average Bonchev–Trinajstić information content (AvgIpc) is 1.57. The molecule has 91 heavy (non-hydrogen) atoms. The summed E-state index contributed by atoms with van der Waals surface area (Å²) in [6.45, 7) is 7.77. The summed E-state index contributed by atoms with van der Waals surface area (Å²) in [5.41, 5.74) is 13.2. The van der Waals surface area contributed by atoms with Crippen molar-refractivity contribution in [3.05, 3.63) is 389 Å². The summed E-state index contributed by atoms with van der Waals surface area (Å²) in [5, 5.41) is 0. The SMILES string of the molecule is C=Cc1ccc(Oc2ccc(C3(c4cc(F)ccc4F)c4ccccc4-c4ccc(N(c5cccc(-c6ccccc6-c6ccccc6)c5)c5ccc6c(c5)C(c5ccc(Oc7ccc(C=C)cc7)cc5)(c5cc(F)ccc5F)c5ccccc5-6)cc43)cc2)cc1. The third kappa shape index (κ3) is 9.52. The van der Waals surface area contributed by atoms with E-state index in [-0.39, 0.29) is 11.1 Å². The summed E-state index contributed by atoms with van der Waals surface area (Å²) in [4.78, 5) is 2.17. The molecule has 2 aliphatic rings. The third-order valence-electron chi connectivity index (χ3n) is 17.9. The maximum Gasteiger partial charge on any atom is 0.128 e. The van der Waals surface area contributed by atoms with Crippen molar-refractivity contribution in [1.82, 2.24) is 0 Å². The van der Waals surface area contributed by atoms with E-state index in [1.165, 1.54) is 24.3 Å². The number of fused-ring (bicyclic) bond motifs is 6. The van der Waals surface area contributed by atoms with Gasteiger partial charge in [-0.1, -0.05) is 201 Å². The van der Waals surface area contributed by atoms with Gasteiger partial charge in [0.1, 0.15) is 46.3 Å². The Labute approximate surface area is 526 Å². The number of nitrogens with zero attached hydrogens (tertiary/aromatic N) is 1. The largest absolute Gasteiger partial charge is 0.457 e. The highest BCUT2D eigenvalue weighted by molar-refractivity contribution is 5.94. The van der Waals surface area contributed by atoms with E-state index in [0.29, 0.717) is 56.6 Å². The zero-order valence-electron chi connectivity index (χ0n) is 49.1. The maximum absolute atomic E-state index is 17.4. The van der Waals surface area contributed by atoms with Gasteiger partial charge in [-0.15, -0.1) is 0 Å². The van der Waals surface area contributed by atoms with Crippen molar-refractivity contribution in [3.8, 4) is 67.5 Å². The zero-order chi connectivity index (χ0) is 61.8. The molecule has 13 aromatic carbocycles. The van der Waals surface area contributed by atoms with Crippen molar-refractivity contribution in [1.29, 1.82) is 0 Å². The molecule has 0 saturated carbocycles.